The molecule has 24 heavy (non-hydrogen) atoms. The van der Waals surface area contributed by atoms with Gasteiger partial charge in [0.2, 0.25) is 0 Å². The minimum atomic E-state index is 0.569. The lowest BCUT2D eigenvalue weighted by molar-refractivity contribution is 0.304. The number of nitrogens with zero attached hydrogens (tertiary/aromatic N) is 1. The average molecular weight is 383 g/mol. The predicted molar refractivity (Wildman–Crippen MR) is 99.7 cm³/mol. The van der Waals surface area contributed by atoms with E-state index in [2.05, 4.69) is 50.5 Å². The molecule has 0 aliphatic rings. The average Bonchev–Trinajstić information content (AvgIpc) is 2.63. The third-order valence-corrected chi connectivity index (χ3v) is 4.26. The molecule has 0 amide bonds. The van der Waals surface area contributed by atoms with Gasteiger partial charge in [0.1, 0.15) is 12.4 Å². The molecule has 2 aromatic carbocycles. The summed E-state index contributed by atoms with van der Waals surface area (Å²) in [7, 11) is 0. The summed E-state index contributed by atoms with van der Waals surface area (Å²) in [5.41, 5.74) is 3.60. The summed E-state index contributed by atoms with van der Waals surface area (Å²) in [4.78, 5) is 4.02. The van der Waals surface area contributed by atoms with Gasteiger partial charge in [-0.15, -0.1) is 0 Å². The topological polar surface area (TPSA) is 34.2 Å². The van der Waals surface area contributed by atoms with Crippen LogP contribution >= 0.6 is 15.9 Å². The van der Waals surface area contributed by atoms with Crippen molar-refractivity contribution in [3.8, 4) is 5.75 Å². The quantitative estimate of drug-likeness (QED) is 0.642. The molecular weight excluding hydrogens is 364 g/mol. The Balaban J connectivity index is 1.52. The number of benzene rings is 2. The van der Waals surface area contributed by atoms with Crippen LogP contribution in [-0.2, 0) is 19.7 Å². The van der Waals surface area contributed by atoms with Crippen LogP contribution in [0.4, 0.5) is 0 Å². The molecule has 0 radical (unpaired) electrons. The van der Waals surface area contributed by atoms with Gasteiger partial charge in [0.15, 0.2) is 0 Å². The lowest BCUT2D eigenvalue weighted by Crippen LogP contribution is -2.12. The fraction of sp³-hybridized carbons (Fsp3) is 0.150. The van der Waals surface area contributed by atoms with Gasteiger partial charge in [0.05, 0.1) is 4.47 Å². The van der Waals surface area contributed by atoms with E-state index < -0.39 is 0 Å². The van der Waals surface area contributed by atoms with Crippen molar-refractivity contribution in [2.24, 2.45) is 0 Å². The van der Waals surface area contributed by atoms with Crippen LogP contribution in [0.5, 0.6) is 5.75 Å². The molecule has 3 nitrogen and oxygen atoms in total. The second-order valence-electron chi connectivity index (χ2n) is 5.50. The van der Waals surface area contributed by atoms with Gasteiger partial charge in [-0.25, -0.2) is 0 Å². The number of aromatic nitrogens is 1. The van der Waals surface area contributed by atoms with E-state index in [1.54, 1.807) is 0 Å². The fourth-order valence-electron chi connectivity index (χ4n) is 2.36. The lowest BCUT2D eigenvalue weighted by Gasteiger charge is -2.10. The second kappa shape index (κ2) is 8.62. The summed E-state index contributed by atoms with van der Waals surface area (Å²) in [6.45, 7) is 2.20. The Hall–Kier alpha value is -2.17. The molecule has 0 aliphatic heterocycles. The van der Waals surface area contributed by atoms with Crippen molar-refractivity contribution in [2.75, 3.05) is 0 Å². The Morgan fingerprint density at radius 2 is 1.58 bits per heavy atom. The van der Waals surface area contributed by atoms with Crippen LogP contribution in [-0.4, -0.2) is 4.98 Å². The maximum absolute atomic E-state index is 5.88. The predicted octanol–water partition coefficient (Wildman–Crippen LogP) is 4.71. The number of nitrogens with one attached hydrogen (secondary N) is 1. The van der Waals surface area contributed by atoms with Crippen molar-refractivity contribution >= 4 is 15.9 Å². The number of halogens is 1. The van der Waals surface area contributed by atoms with Gasteiger partial charge in [0, 0.05) is 25.5 Å². The number of rotatable bonds is 7. The first kappa shape index (κ1) is 16.7. The number of pyridine rings is 1. The van der Waals surface area contributed by atoms with Crippen molar-refractivity contribution in [2.45, 2.75) is 19.7 Å². The molecule has 0 unspecified atom stereocenters. The monoisotopic (exact) mass is 382 g/mol. The molecule has 0 atom stereocenters. The van der Waals surface area contributed by atoms with Gasteiger partial charge in [-0.05, 0) is 56.9 Å². The molecular formula is C20H19BrN2O. The molecule has 0 spiro atoms. The summed E-state index contributed by atoms with van der Waals surface area (Å²) in [5.74, 6) is 0.858. The zero-order valence-corrected chi connectivity index (χ0v) is 14.9. The first-order valence-corrected chi connectivity index (χ1v) is 8.65. The van der Waals surface area contributed by atoms with Gasteiger partial charge in [-0.3, -0.25) is 4.98 Å². The van der Waals surface area contributed by atoms with Crippen LogP contribution in [0.25, 0.3) is 0 Å². The van der Waals surface area contributed by atoms with Crippen LogP contribution < -0.4 is 10.1 Å². The van der Waals surface area contributed by atoms with Crippen LogP contribution in [0.1, 0.15) is 16.7 Å². The van der Waals surface area contributed by atoms with Crippen molar-refractivity contribution in [3.05, 3.63) is 94.2 Å². The van der Waals surface area contributed by atoms with Crippen LogP contribution in [0.2, 0.25) is 0 Å². The van der Waals surface area contributed by atoms with E-state index in [0.29, 0.717) is 6.61 Å². The summed E-state index contributed by atoms with van der Waals surface area (Å²) < 4.78 is 6.85. The Morgan fingerprint density at radius 3 is 2.33 bits per heavy atom. The highest BCUT2D eigenvalue weighted by atomic mass is 79.9. The SMILES string of the molecule is Brc1cc(CNCc2ccncc2)ccc1OCc1ccccc1. The van der Waals surface area contributed by atoms with Gasteiger partial charge < -0.3 is 10.1 Å². The third-order valence-electron chi connectivity index (χ3n) is 3.64. The van der Waals surface area contributed by atoms with Crippen molar-refractivity contribution in [1.82, 2.24) is 10.3 Å². The summed E-state index contributed by atoms with van der Waals surface area (Å²) in [5, 5.41) is 3.43. The van der Waals surface area contributed by atoms with E-state index in [1.807, 2.05) is 48.8 Å². The van der Waals surface area contributed by atoms with Gasteiger partial charge in [-0.1, -0.05) is 36.4 Å². The lowest BCUT2D eigenvalue weighted by atomic mass is 10.2. The zero-order chi connectivity index (χ0) is 16.6. The highest BCUT2D eigenvalue weighted by Gasteiger charge is 2.03. The molecule has 1 aromatic heterocycles. The van der Waals surface area contributed by atoms with Gasteiger partial charge in [-0.2, -0.15) is 0 Å². The molecule has 1 N–H and O–H groups in total. The van der Waals surface area contributed by atoms with Crippen molar-refractivity contribution in [3.63, 3.8) is 0 Å². The van der Waals surface area contributed by atoms with E-state index in [-0.39, 0.29) is 0 Å². The Kier molecular flexibility index (Phi) is 5.99. The van der Waals surface area contributed by atoms with E-state index in [0.717, 1.165) is 28.9 Å². The minimum Gasteiger partial charge on any atom is -0.488 e. The highest BCUT2D eigenvalue weighted by molar-refractivity contribution is 9.10. The fourth-order valence-corrected chi connectivity index (χ4v) is 2.90. The maximum Gasteiger partial charge on any atom is 0.134 e. The van der Waals surface area contributed by atoms with Gasteiger partial charge >= 0.3 is 0 Å². The largest absolute Gasteiger partial charge is 0.488 e. The van der Waals surface area contributed by atoms with E-state index >= 15 is 0 Å². The number of ether oxygens (including phenoxy) is 1. The van der Waals surface area contributed by atoms with Crippen molar-refractivity contribution in [1.29, 1.82) is 0 Å². The third kappa shape index (κ3) is 4.91. The minimum absolute atomic E-state index is 0.569. The van der Waals surface area contributed by atoms with E-state index in [4.69, 9.17) is 4.74 Å². The molecule has 0 saturated heterocycles. The molecule has 122 valence electrons. The molecule has 3 aromatic rings. The molecule has 0 aliphatic carbocycles. The van der Waals surface area contributed by atoms with Crippen LogP contribution in [0, 0.1) is 0 Å². The van der Waals surface area contributed by atoms with Crippen molar-refractivity contribution < 1.29 is 4.74 Å². The molecule has 4 heteroatoms. The molecule has 0 fully saturated rings. The van der Waals surface area contributed by atoms with E-state index in [9.17, 15) is 0 Å². The normalized spacial score (nSPS) is 10.5. The molecule has 0 bridgehead atoms. The maximum atomic E-state index is 5.88. The first-order chi connectivity index (χ1) is 11.8. The summed E-state index contributed by atoms with van der Waals surface area (Å²) in [6.07, 6.45) is 3.62. The standard InChI is InChI=1S/C20H19BrN2O/c21-19-12-18(14-23-13-16-8-10-22-11-9-16)6-7-20(19)24-15-17-4-2-1-3-5-17/h1-12,23H,13-15H2. The Bertz CT molecular complexity index is 763. The van der Waals surface area contributed by atoms with Crippen LogP contribution in [0.3, 0.4) is 0 Å². The smallest absolute Gasteiger partial charge is 0.134 e. The summed E-state index contributed by atoms with van der Waals surface area (Å²) in [6, 6.07) is 20.4. The Labute approximate surface area is 150 Å². The molecule has 3 rings (SSSR count). The number of hydrogen-bond acceptors (Lipinski definition) is 3. The highest BCUT2D eigenvalue weighted by Crippen LogP contribution is 2.26. The summed E-state index contributed by atoms with van der Waals surface area (Å²) >= 11 is 3.60. The second-order valence-corrected chi connectivity index (χ2v) is 6.35. The van der Waals surface area contributed by atoms with E-state index in [1.165, 1.54) is 11.1 Å². The zero-order valence-electron chi connectivity index (χ0n) is 13.3. The van der Waals surface area contributed by atoms with Gasteiger partial charge in [0.25, 0.3) is 0 Å². The first-order valence-electron chi connectivity index (χ1n) is 7.86. The molecule has 0 saturated carbocycles. The van der Waals surface area contributed by atoms with Crippen LogP contribution in [0.15, 0.2) is 77.5 Å². The molecule has 1 heterocycles. The number of hydrogen-bond donors (Lipinski definition) is 1. The Morgan fingerprint density at radius 1 is 0.833 bits per heavy atom.